The lowest BCUT2D eigenvalue weighted by atomic mass is 10.2. The average molecular weight is 290 g/mol. The molecule has 1 heterocycles. The van der Waals surface area contributed by atoms with E-state index in [-0.39, 0.29) is 36.5 Å². The predicted octanol–water partition coefficient (Wildman–Crippen LogP) is 1.81. The maximum Gasteiger partial charge on any atom is 0.289 e. The summed E-state index contributed by atoms with van der Waals surface area (Å²) in [5.41, 5.74) is 0.782. The van der Waals surface area contributed by atoms with Crippen LogP contribution in [-0.4, -0.2) is 30.3 Å². The van der Waals surface area contributed by atoms with Crippen molar-refractivity contribution in [3.63, 3.8) is 0 Å². The number of furan rings is 1. The number of benzene rings is 1. The predicted molar refractivity (Wildman–Crippen MR) is 73.9 cm³/mol. The molecule has 1 N–H and O–H groups in total. The Hall–Kier alpha value is -2.63. The van der Waals surface area contributed by atoms with Crippen LogP contribution in [0.1, 0.15) is 16.1 Å². The minimum absolute atomic E-state index is 0.0826. The molecule has 1 aromatic heterocycles. The summed E-state index contributed by atoms with van der Waals surface area (Å²) >= 11 is 0. The van der Waals surface area contributed by atoms with Crippen LogP contribution in [0.15, 0.2) is 47.1 Å². The number of amides is 2. The molecule has 0 atom stereocenters. The first-order valence-corrected chi connectivity index (χ1v) is 6.36. The molecule has 1 aromatic carbocycles. The van der Waals surface area contributed by atoms with E-state index in [1.54, 1.807) is 18.2 Å². The van der Waals surface area contributed by atoms with Crippen molar-refractivity contribution in [2.45, 2.75) is 6.54 Å². The van der Waals surface area contributed by atoms with Crippen molar-refractivity contribution in [1.82, 2.24) is 10.2 Å². The lowest BCUT2D eigenvalue weighted by Gasteiger charge is -2.15. The van der Waals surface area contributed by atoms with Gasteiger partial charge in [0.2, 0.25) is 5.91 Å². The minimum Gasteiger partial charge on any atom is -0.459 e. The Kier molecular flexibility index (Phi) is 4.71. The standard InChI is InChI=1S/C15H15FN2O3/c1-18(15(20)13-3-2-8-21-13)10-14(19)17-9-11-4-6-12(16)7-5-11/h2-8H,9-10H2,1H3,(H,17,19). The van der Waals surface area contributed by atoms with Gasteiger partial charge in [-0.3, -0.25) is 9.59 Å². The number of hydrogen-bond donors (Lipinski definition) is 1. The van der Waals surface area contributed by atoms with Gasteiger partial charge in [-0.2, -0.15) is 0 Å². The van der Waals surface area contributed by atoms with Gasteiger partial charge in [-0.1, -0.05) is 12.1 Å². The molecule has 21 heavy (non-hydrogen) atoms. The molecule has 2 amide bonds. The van der Waals surface area contributed by atoms with Gasteiger partial charge in [0, 0.05) is 13.6 Å². The van der Waals surface area contributed by atoms with Gasteiger partial charge in [0.05, 0.1) is 12.8 Å². The first-order valence-electron chi connectivity index (χ1n) is 6.36. The highest BCUT2D eigenvalue weighted by Gasteiger charge is 2.16. The lowest BCUT2D eigenvalue weighted by Crippen LogP contribution is -2.38. The van der Waals surface area contributed by atoms with Crippen molar-refractivity contribution in [3.05, 3.63) is 59.8 Å². The zero-order valence-electron chi connectivity index (χ0n) is 11.5. The van der Waals surface area contributed by atoms with Gasteiger partial charge < -0.3 is 14.6 Å². The Morgan fingerprint density at radius 2 is 1.95 bits per heavy atom. The van der Waals surface area contributed by atoms with Crippen LogP contribution in [-0.2, 0) is 11.3 Å². The highest BCUT2D eigenvalue weighted by atomic mass is 19.1. The van der Waals surface area contributed by atoms with Crippen molar-refractivity contribution >= 4 is 11.8 Å². The molecule has 5 nitrogen and oxygen atoms in total. The summed E-state index contributed by atoms with van der Waals surface area (Å²) in [5, 5.41) is 2.66. The van der Waals surface area contributed by atoms with Crippen molar-refractivity contribution in [2.75, 3.05) is 13.6 Å². The van der Waals surface area contributed by atoms with E-state index in [1.807, 2.05) is 0 Å². The van der Waals surface area contributed by atoms with Crippen LogP contribution >= 0.6 is 0 Å². The maximum absolute atomic E-state index is 12.7. The zero-order valence-corrected chi connectivity index (χ0v) is 11.5. The third-order valence-corrected chi connectivity index (χ3v) is 2.86. The molecule has 0 unspecified atom stereocenters. The zero-order chi connectivity index (χ0) is 15.2. The Balaban J connectivity index is 1.81. The molecule has 0 aliphatic carbocycles. The number of carbonyl (C=O) groups excluding carboxylic acids is 2. The number of carbonyl (C=O) groups is 2. The number of halogens is 1. The SMILES string of the molecule is CN(CC(=O)NCc1ccc(F)cc1)C(=O)c1ccco1. The minimum atomic E-state index is -0.364. The summed E-state index contributed by atoms with van der Waals surface area (Å²) in [6.45, 7) is 0.197. The fourth-order valence-corrected chi connectivity index (χ4v) is 1.73. The normalized spacial score (nSPS) is 10.2. The van der Waals surface area contributed by atoms with E-state index in [0.29, 0.717) is 0 Å². The van der Waals surface area contributed by atoms with Crippen LogP contribution in [0.4, 0.5) is 4.39 Å². The molecular formula is C15H15FN2O3. The van der Waals surface area contributed by atoms with Gasteiger partial charge in [0.1, 0.15) is 5.82 Å². The second-order valence-electron chi connectivity index (χ2n) is 4.54. The number of nitrogens with zero attached hydrogens (tertiary/aromatic N) is 1. The molecule has 6 heteroatoms. The molecule has 0 aliphatic heterocycles. The average Bonchev–Trinajstić information content (AvgIpc) is 3.00. The number of rotatable bonds is 5. The summed E-state index contributed by atoms with van der Waals surface area (Å²) < 4.78 is 17.7. The van der Waals surface area contributed by atoms with E-state index >= 15 is 0 Å². The van der Waals surface area contributed by atoms with E-state index in [4.69, 9.17) is 4.42 Å². The highest BCUT2D eigenvalue weighted by Crippen LogP contribution is 2.04. The summed E-state index contributed by atoms with van der Waals surface area (Å²) in [7, 11) is 1.52. The van der Waals surface area contributed by atoms with Gasteiger partial charge in [-0.15, -0.1) is 0 Å². The second-order valence-corrected chi connectivity index (χ2v) is 4.54. The van der Waals surface area contributed by atoms with Crippen molar-refractivity contribution < 1.29 is 18.4 Å². The van der Waals surface area contributed by atoms with Crippen LogP contribution < -0.4 is 5.32 Å². The van der Waals surface area contributed by atoms with Crippen LogP contribution in [0, 0.1) is 5.82 Å². The smallest absolute Gasteiger partial charge is 0.289 e. The molecule has 0 saturated carbocycles. The van der Waals surface area contributed by atoms with Crippen molar-refractivity contribution in [2.24, 2.45) is 0 Å². The summed E-state index contributed by atoms with van der Waals surface area (Å²) in [6.07, 6.45) is 1.40. The van der Waals surface area contributed by atoms with E-state index in [0.717, 1.165) is 5.56 Å². The molecule has 0 bridgehead atoms. The summed E-state index contributed by atoms with van der Waals surface area (Å²) in [4.78, 5) is 24.9. The number of likely N-dealkylation sites (N-methyl/N-ethyl adjacent to an activating group) is 1. The molecule has 0 fully saturated rings. The Bertz CT molecular complexity index is 608. The van der Waals surface area contributed by atoms with Gasteiger partial charge in [0.15, 0.2) is 5.76 Å². The van der Waals surface area contributed by atoms with Gasteiger partial charge in [-0.25, -0.2) is 4.39 Å². The fraction of sp³-hybridized carbons (Fsp3) is 0.200. The molecule has 0 aliphatic rings. The number of nitrogens with one attached hydrogen (secondary N) is 1. The summed E-state index contributed by atoms with van der Waals surface area (Å²) in [6, 6.07) is 8.98. The maximum atomic E-state index is 12.7. The highest BCUT2D eigenvalue weighted by molar-refractivity contribution is 5.94. The first kappa shape index (κ1) is 14.8. The van der Waals surface area contributed by atoms with E-state index in [9.17, 15) is 14.0 Å². The van der Waals surface area contributed by atoms with Crippen LogP contribution in [0.3, 0.4) is 0 Å². The first-order chi connectivity index (χ1) is 10.1. The molecular weight excluding hydrogens is 275 g/mol. The van der Waals surface area contributed by atoms with Gasteiger partial charge in [0.25, 0.3) is 5.91 Å². The Labute approximate surface area is 121 Å². The van der Waals surface area contributed by atoms with Crippen molar-refractivity contribution in [3.8, 4) is 0 Å². The number of hydrogen-bond acceptors (Lipinski definition) is 3. The molecule has 2 aromatic rings. The van der Waals surface area contributed by atoms with Crippen LogP contribution in [0.5, 0.6) is 0 Å². The van der Waals surface area contributed by atoms with E-state index in [1.165, 1.54) is 36.4 Å². The lowest BCUT2D eigenvalue weighted by molar-refractivity contribution is -0.121. The molecule has 2 rings (SSSR count). The topological polar surface area (TPSA) is 62.6 Å². The quantitative estimate of drug-likeness (QED) is 0.913. The molecule has 0 spiro atoms. The second kappa shape index (κ2) is 6.69. The van der Waals surface area contributed by atoms with Crippen molar-refractivity contribution in [1.29, 1.82) is 0 Å². The molecule has 110 valence electrons. The fourth-order valence-electron chi connectivity index (χ4n) is 1.73. The van der Waals surface area contributed by atoms with E-state index in [2.05, 4.69) is 5.32 Å². The monoisotopic (exact) mass is 290 g/mol. The summed E-state index contributed by atoms with van der Waals surface area (Å²) in [5.74, 6) is -0.809. The Morgan fingerprint density at radius 3 is 2.57 bits per heavy atom. The van der Waals surface area contributed by atoms with Gasteiger partial charge in [-0.05, 0) is 29.8 Å². The third-order valence-electron chi connectivity index (χ3n) is 2.86. The largest absolute Gasteiger partial charge is 0.459 e. The van der Waals surface area contributed by atoms with Crippen LogP contribution in [0.2, 0.25) is 0 Å². The molecule has 0 saturated heterocycles. The third kappa shape index (κ3) is 4.17. The van der Waals surface area contributed by atoms with Gasteiger partial charge >= 0.3 is 0 Å². The Morgan fingerprint density at radius 1 is 1.24 bits per heavy atom. The van der Waals surface area contributed by atoms with E-state index < -0.39 is 0 Å². The molecule has 0 radical (unpaired) electrons. The van der Waals surface area contributed by atoms with Crippen LogP contribution in [0.25, 0.3) is 0 Å².